The molecule has 4 heteroatoms. The topological polar surface area (TPSA) is 49.4 Å². The van der Waals surface area contributed by atoms with E-state index in [-0.39, 0.29) is 17.1 Å². The second-order valence-corrected chi connectivity index (χ2v) is 9.54. The lowest BCUT2D eigenvalue weighted by atomic mass is 9.50. The molecule has 4 aliphatic rings. The van der Waals surface area contributed by atoms with Crippen LogP contribution in [0, 0.1) is 28.6 Å². The lowest BCUT2D eigenvalue weighted by molar-refractivity contribution is -0.129. The van der Waals surface area contributed by atoms with Gasteiger partial charge in [0.2, 0.25) is 0 Å². The quantitative estimate of drug-likeness (QED) is 0.824. The summed E-state index contributed by atoms with van der Waals surface area (Å²) in [6, 6.07) is 0. The van der Waals surface area contributed by atoms with Gasteiger partial charge in [-0.3, -0.25) is 9.59 Å². The second kappa shape index (κ2) is 6.49. The Balaban J connectivity index is 1.75. The number of likely N-dealkylation sites (N-methyl/N-ethyl adjacent to an activating group) is 1. The van der Waals surface area contributed by atoms with Crippen LogP contribution in [-0.2, 0) is 9.59 Å². The SMILES string of the molecule is CCN(CC)C(=O)C1=CC(=O)C=C2NC[C@H]3[C@@H]4CCC[C@@]4(C)CC[C@@H]3[C@]21C. The van der Waals surface area contributed by atoms with Gasteiger partial charge in [0, 0.05) is 42.4 Å². The zero-order chi connectivity index (χ0) is 19.4. The number of fused-ring (bicyclic) bond motifs is 5. The van der Waals surface area contributed by atoms with E-state index < -0.39 is 0 Å². The standard InChI is InChI=1S/C23H34N2O2/c1-5-25(6-2)21(27)19-12-15(26)13-20-23(19,4)18-9-11-22(3)10-7-8-17(22)16(18)14-24-20/h12-13,16-18,24H,5-11,14H2,1-4H3/t16-,17-,18-,22-,23-/m0/s1. The maximum atomic E-state index is 13.4. The molecule has 0 radical (unpaired) electrons. The molecule has 27 heavy (non-hydrogen) atoms. The third-order valence-corrected chi connectivity index (χ3v) is 8.46. The van der Waals surface area contributed by atoms with Crippen molar-refractivity contribution >= 4 is 11.7 Å². The molecule has 3 fully saturated rings. The first-order valence-corrected chi connectivity index (χ1v) is 10.9. The number of rotatable bonds is 3. The van der Waals surface area contributed by atoms with Crippen LogP contribution in [0.5, 0.6) is 0 Å². The Labute approximate surface area is 163 Å². The number of amides is 1. The number of ketones is 1. The third kappa shape index (κ3) is 2.62. The van der Waals surface area contributed by atoms with Gasteiger partial charge in [0.15, 0.2) is 5.78 Å². The normalized spacial score (nSPS) is 40.1. The van der Waals surface area contributed by atoms with Crippen molar-refractivity contribution < 1.29 is 9.59 Å². The van der Waals surface area contributed by atoms with Crippen LogP contribution in [0.25, 0.3) is 0 Å². The maximum absolute atomic E-state index is 13.4. The molecule has 0 spiro atoms. The van der Waals surface area contributed by atoms with E-state index in [1.54, 1.807) is 12.2 Å². The van der Waals surface area contributed by atoms with Crippen molar-refractivity contribution in [3.8, 4) is 0 Å². The fourth-order valence-corrected chi connectivity index (χ4v) is 6.88. The minimum Gasteiger partial charge on any atom is -0.387 e. The summed E-state index contributed by atoms with van der Waals surface area (Å²) in [6.45, 7) is 11.0. The molecule has 0 aromatic carbocycles. The van der Waals surface area contributed by atoms with E-state index in [4.69, 9.17) is 0 Å². The first kappa shape index (κ1) is 18.8. The summed E-state index contributed by atoms with van der Waals surface area (Å²) in [7, 11) is 0. The monoisotopic (exact) mass is 370 g/mol. The van der Waals surface area contributed by atoms with E-state index in [0.29, 0.717) is 30.3 Å². The molecule has 2 saturated carbocycles. The van der Waals surface area contributed by atoms with Gasteiger partial charge in [-0.15, -0.1) is 0 Å². The second-order valence-electron chi connectivity index (χ2n) is 9.54. The van der Waals surface area contributed by atoms with Crippen molar-refractivity contribution in [2.75, 3.05) is 19.6 Å². The molecule has 1 N–H and O–H groups in total. The number of hydrogen-bond donors (Lipinski definition) is 1. The van der Waals surface area contributed by atoms with E-state index in [0.717, 1.165) is 30.2 Å². The van der Waals surface area contributed by atoms with Gasteiger partial charge in [-0.1, -0.05) is 13.3 Å². The zero-order valence-corrected chi connectivity index (χ0v) is 17.3. The van der Waals surface area contributed by atoms with Crippen LogP contribution in [0.4, 0.5) is 0 Å². The van der Waals surface area contributed by atoms with Gasteiger partial charge in [0.25, 0.3) is 5.91 Å². The van der Waals surface area contributed by atoms with E-state index >= 15 is 0 Å². The molecule has 4 nitrogen and oxygen atoms in total. The van der Waals surface area contributed by atoms with E-state index in [2.05, 4.69) is 19.2 Å². The molecule has 5 atom stereocenters. The number of nitrogens with zero attached hydrogens (tertiary/aromatic N) is 1. The van der Waals surface area contributed by atoms with Crippen LogP contribution >= 0.6 is 0 Å². The molecule has 0 unspecified atom stereocenters. The van der Waals surface area contributed by atoms with Crippen molar-refractivity contribution in [1.29, 1.82) is 0 Å². The van der Waals surface area contributed by atoms with Gasteiger partial charge in [0.05, 0.1) is 0 Å². The first-order chi connectivity index (χ1) is 12.8. The molecule has 1 amide bonds. The molecule has 0 aromatic heterocycles. The Bertz CT molecular complexity index is 720. The van der Waals surface area contributed by atoms with Gasteiger partial charge >= 0.3 is 0 Å². The summed E-state index contributed by atoms with van der Waals surface area (Å²) >= 11 is 0. The summed E-state index contributed by atoms with van der Waals surface area (Å²) in [5.41, 5.74) is 1.81. The minimum atomic E-state index is -0.361. The van der Waals surface area contributed by atoms with Crippen molar-refractivity contribution in [1.82, 2.24) is 10.2 Å². The van der Waals surface area contributed by atoms with E-state index in [9.17, 15) is 9.59 Å². The molecule has 1 heterocycles. The molecule has 0 bridgehead atoms. The summed E-state index contributed by atoms with van der Waals surface area (Å²) in [6.07, 6.45) is 9.79. The molecule has 148 valence electrons. The highest BCUT2D eigenvalue weighted by molar-refractivity contribution is 6.09. The minimum absolute atomic E-state index is 0.0451. The lowest BCUT2D eigenvalue weighted by Crippen LogP contribution is -2.58. The number of hydrogen-bond acceptors (Lipinski definition) is 3. The van der Waals surface area contributed by atoms with Gasteiger partial charge in [-0.25, -0.2) is 0 Å². The van der Waals surface area contributed by atoms with Gasteiger partial charge < -0.3 is 10.2 Å². The van der Waals surface area contributed by atoms with Crippen molar-refractivity contribution in [2.45, 2.75) is 59.8 Å². The lowest BCUT2D eigenvalue weighted by Gasteiger charge is -2.57. The van der Waals surface area contributed by atoms with Crippen LogP contribution in [0.3, 0.4) is 0 Å². The fraction of sp³-hybridized carbons (Fsp3) is 0.739. The molecular formula is C23H34N2O2. The number of carbonyl (C=O) groups excluding carboxylic acids is 2. The number of piperidine rings is 1. The number of allylic oxidation sites excluding steroid dienone is 3. The van der Waals surface area contributed by atoms with Crippen molar-refractivity contribution in [3.05, 3.63) is 23.4 Å². The third-order valence-electron chi connectivity index (χ3n) is 8.46. The largest absolute Gasteiger partial charge is 0.387 e. The smallest absolute Gasteiger partial charge is 0.250 e. The Hall–Kier alpha value is -1.58. The van der Waals surface area contributed by atoms with Crippen molar-refractivity contribution in [3.63, 3.8) is 0 Å². The van der Waals surface area contributed by atoms with E-state index in [1.807, 2.05) is 18.7 Å². The molecule has 1 aliphatic heterocycles. The Morgan fingerprint density at radius 3 is 2.59 bits per heavy atom. The summed E-state index contributed by atoms with van der Waals surface area (Å²) in [5, 5.41) is 3.61. The van der Waals surface area contributed by atoms with Crippen LogP contribution in [-0.4, -0.2) is 36.2 Å². The molecule has 3 aliphatic carbocycles. The highest BCUT2D eigenvalue weighted by atomic mass is 16.2. The fourth-order valence-electron chi connectivity index (χ4n) is 6.88. The predicted octanol–water partition coefficient (Wildman–Crippen LogP) is 3.69. The maximum Gasteiger partial charge on any atom is 0.250 e. The van der Waals surface area contributed by atoms with Gasteiger partial charge in [0.1, 0.15) is 0 Å². The highest BCUT2D eigenvalue weighted by Gasteiger charge is 2.58. The molecule has 1 saturated heterocycles. The Morgan fingerprint density at radius 2 is 1.89 bits per heavy atom. The van der Waals surface area contributed by atoms with Crippen LogP contribution in [0.15, 0.2) is 23.4 Å². The zero-order valence-electron chi connectivity index (χ0n) is 17.3. The van der Waals surface area contributed by atoms with Crippen molar-refractivity contribution in [2.24, 2.45) is 28.6 Å². The average Bonchev–Trinajstić information content (AvgIpc) is 3.04. The molecular weight excluding hydrogens is 336 g/mol. The Morgan fingerprint density at radius 1 is 1.15 bits per heavy atom. The summed E-state index contributed by atoms with van der Waals surface area (Å²) < 4.78 is 0. The molecule has 4 rings (SSSR count). The molecule has 0 aromatic rings. The first-order valence-electron chi connectivity index (χ1n) is 10.9. The number of nitrogens with one attached hydrogen (secondary N) is 1. The van der Waals surface area contributed by atoms with Gasteiger partial charge in [-0.2, -0.15) is 0 Å². The predicted molar refractivity (Wildman–Crippen MR) is 107 cm³/mol. The summed E-state index contributed by atoms with van der Waals surface area (Å²) in [5.74, 6) is 1.77. The van der Waals surface area contributed by atoms with Crippen LogP contribution in [0.2, 0.25) is 0 Å². The van der Waals surface area contributed by atoms with E-state index in [1.165, 1.54) is 25.7 Å². The van der Waals surface area contributed by atoms with Gasteiger partial charge in [-0.05, 0) is 75.7 Å². The summed E-state index contributed by atoms with van der Waals surface area (Å²) in [4.78, 5) is 27.6. The van der Waals surface area contributed by atoms with Crippen LogP contribution in [0.1, 0.15) is 59.8 Å². The highest BCUT2D eigenvalue weighted by Crippen LogP contribution is 2.63. The Kier molecular flexibility index (Phi) is 4.51. The average molecular weight is 371 g/mol. The van der Waals surface area contributed by atoms with Crippen LogP contribution < -0.4 is 5.32 Å². The number of carbonyl (C=O) groups is 2.